The van der Waals surface area contributed by atoms with Crippen molar-refractivity contribution in [3.63, 3.8) is 0 Å². The molecule has 0 atom stereocenters. The number of sulfonamides is 1. The second kappa shape index (κ2) is 10.1. The van der Waals surface area contributed by atoms with Gasteiger partial charge in [0.05, 0.1) is 19.0 Å². The molecule has 0 aromatic heterocycles. The van der Waals surface area contributed by atoms with E-state index in [1.54, 1.807) is 0 Å². The van der Waals surface area contributed by atoms with Gasteiger partial charge in [-0.05, 0) is 37.0 Å². The minimum Gasteiger partial charge on any atom is -0.379 e. The number of hydrogen-bond donors (Lipinski definition) is 1. The van der Waals surface area contributed by atoms with Crippen LogP contribution in [0.2, 0.25) is 5.02 Å². The fraction of sp³-hybridized carbons (Fsp3) is 0.588. The van der Waals surface area contributed by atoms with E-state index in [9.17, 15) is 13.2 Å². The van der Waals surface area contributed by atoms with Crippen molar-refractivity contribution >= 4 is 27.5 Å². The molecular formula is C17H25ClN2O4S. The Kier molecular flexibility index (Phi) is 8.15. The average molecular weight is 389 g/mol. The SMILES string of the molecule is O=C(CCS(=O)(=O)N1CCOCC1)NCCCCc1cccc(Cl)c1. The number of halogens is 1. The van der Waals surface area contributed by atoms with Crippen molar-refractivity contribution in [1.29, 1.82) is 0 Å². The number of hydrogen-bond acceptors (Lipinski definition) is 4. The fourth-order valence-corrected chi connectivity index (χ4v) is 4.26. The molecule has 0 saturated carbocycles. The van der Waals surface area contributed by atoms with Gasteiger partial charge in [-0.3, -0.25) is 4.79 Å². The Labute approximate surface area is 154 Å². The maximum Gasteiger partial charge on any atom is 0.221 e. The Balaban J connectivity index is 1.59. The molecule has 6 nitrogen and oxygen atoms in total. The Morgan fingerprint density at radius 2 is 2.00 bits per heavy atom. The fourth-order valence-electron chi connectivity index (χ4n) is 2.64. The monoisotopic (exact) mass is 388 g/mol. The molecule has 1 heterocycles. The van der Waals surface area contributed by atoms with Gasteiger partial charge < -0.3 is 10.1 Å². The number of carbonyl (C=O) groups excluding carboxylic acids is 1. The van der Waals surface area contributed by atoms with Crippen LogP contribution in [0.5, 0.6) is 0 Å². The van der Waals surface area contributed by atoms with Crippen LogP contribution in [0.4, 0.5) is 0 Å². The number of rotatable bonds is 9. The summed E-state index contributed by atoms with van der Waals surface area (Å²) in [5, 5.41) is 3.51. The highest BCUT2D eigenvalue weighted by Gasteiger charge is 2.24. The van der Waals surface area contributed by atoms with Crippen molar-refractivity contribution in [2.45, 2.75) is 25.7 Å². The zero-order valence-corrected chi connectivity index (χ0v) is 15.8. The summed E-state index contributed by atoms with van der Waals surface area (Å²) < 4.78 is 30.8. The van der Waals surface area contributed by atoms with Gasteiger partial charge in [-0.15, -0.1) is 0 Å². The minimum absolute atomic E-state index is 0.00597. The highest BCUT2D eigenvalue weighted by molar-refractivity contribution is 7.89. The number of unbranched alkanes of at least 4 members (excludes halogenated alkanes) is 1. The van der Waals surface area contributed by atoms with Crippen LogP contribution in [0.25, 0.3) is 0 Å². The van der Waals surface area contributed by atoms with E-state index in [-0.39, 0.29) is 18.1 Å². The zero-order chi connectivity index (χ0) is 18.1. The van der Waals surface area contributed by atoms with Crippen molar-refractivity contribution in [2.24, 2.45) is 0 Å². The molecule has 1 saturated heterocycles. The number of nitrogens with one attached hydrogen (secondary N) is 1. The summed E-state index contributed by atoms with van der Waals surface area (Å²) in [5.41, 5.74) is 1.18. The van der Waals surface area contributed by atoms with Crippen molar-refractivity contribution < 1.29 is 17.9 Å². The molecule has 140 valence electrons. The van der Waals surface area contributed by atoms with Crippen LogP contribution in [0.15, 0.2) is 24.3 Å². The van der Waals surface area contributed by atoms with Crippen LogP contribution in [-0.2, 0) is 26.0 Å². The van der Waals surface area contributed by atoms with Crippen molar-refractivity contribution in [3.8, 4) is 0 Å². The quantitative estimate of drug-likeness (QED) is 0.655. The molecule has 1 N–H and O–H groups in total. The predicted octanol–water partition coefficient (Wildman–Crippen LogP) is 1.83. The second-order valence-electron chi connectivity index (χ2n) is 6.01. The van der Waals surface area contributed by atoms with E-state index in [1.807, 2.05) is 24.3 Å². The lowest BCUT2D eigenvalue weighted by Gasteiger charge is -2.25. The van der Waals surface area contributed by atoms with E-state index in [2.05, 4.69) is 5.32 Å². The molecule has 0 radical (unpaired) electrons. The first-order valence-corrected chi connectivity index (χ1v) is 10.5. The standard InChI is InChI=1S/C17H25ClN2O4S/c18-16-6-3-5-15(14-16)4-1-2-8-19-17(21)7-13-25(22,23)20-9-11-24-12-10-20/h3,5-6,14H,1-2,4,7-13H2,(H,19,21). The highest BCUT2D eigenvalue weighted by atomic mass is 35.5. The van der Waals surface area contributed by atoms with Crippen molar-refractivity contribution in [1.82, 2.24) is 9.62 Å². The Bertz CT molecular complexity index is 660. The van der Waals surface area contributed by atoms with Gasteiger partial charge >= 0.3 is 0 Å². The molecular weight excluding hydrogens is 364 g/mol. The van der Waals surface area contributed by atoms with Crippen LogP contribution in [0.1, 0.15) is 24.8 Å². The number of benzene rings is 1. The lowest BCUT2D eigenvalue weighted by molar-refractivity contribution is -0.120. The molecule has 25 heavy (non-hydrogen) atoms. The van der Waals surface area contributed by atoms with Crippen LogP contribution < -0.4 is 5.32 Å². The van der Waals surface area contributed by atoms with Gasteiger partial charge in [0.25, 0.3) is 0 Å². The van der Waals surface area contributed by atoms with Gasteiger partial charge in [0.15, 0.2) is 0 Å². The third-order valence-electron chi connectivity index (χ3n) is 4.05. The molecule has 1 aliphatic heterocycles. The van der Waals surface area contributed by atoms with Crippen LogP contribution in [0.3, 0.4) is 0 Å². The van der Waals surface area contributed by atoms with Gasteiger partial charge in [-0.2, -0.15) is 4.31 Å². The van der Waals surface area contributed by atoms with Crippen molar-refractivity contribution in [2.75, 3.05) is 38.6 Å². The molecule has 0 spiro atoms. The number of nitrogens with zero attached hydrogens (tertiary/aromatic N) is 1. The summed E-state index contributed by atoms with van der Waals surface area (Å²) in [6.45, 7) is 2.12. The maximum absolute atomic E-state index is 12.1. The Morgan fingerprint density at radius 1 is 1.24 bits per heavy atom. The Morgan fingerprint density at radius 3 is 2.72 bits per heavy atom. The summed E-state index contributed by atoms with van der Waals surface area (Å²) in [5.74, 6) is -0.374. The molecule has 1 aromatic carbocycles. The van der Waals surface area contributed by atoms with Crippen LogP contribution in [0, 0.1) is 0 Å². The van der Waals surface area contributed by atoms with E-state index in [0.29, 0.717) is 32.8 Å². The summed E-state index contributed by atoms with van der Waals surface area (Å²) in [4.78, 5) is 11.8. The maximum atomic E-state index is 12.1. The summed E-state index contributed by atoms with van der Waals surface area (Å²) >= 11 is 5.94. The first-order valence-electron chi connectivity index (χ1n) is 8.54. The molecule has 1 amide bonds. The first-order chi connectivity index (χ1) is 12.0. The minimum atomic E-state index is -3.37. The third kappa shape index (κ3) is 7.32. The van der Waals surface area contributed by atoms with Gasteiger partial charge in [-0.25, -0.2) is 8.42 Å². The number of aryl methyl sites for hydroxylation is 1. The summed E-state index contributed by atoms with van der Waals surface area (Å²) in [6.07, 6.45) is 2.68. The predicted molar refractivity (Wildman–Crippen MR) is 98.2 cm³/mol. The average Bonchev–Trinajstić information content (AvgIpc) is 2.61. The van der Waals surface area contributed by atoms with Crippen LogP contribution >= 0.6 is 11.6 Å². The number of carbonyl (C=O) groups is 1. The van der Waals surface area contributed by atoms with E-state index in [0.717, 1.165) is 24.3 Å². The summed E-state index contributed by atoms with van der Waals surface area (Å²) in [6, 6.07) is 7.74. The topological polar surface area (TPSA) is 75.7 Å². The molecule has 1 aliphatic rings. The zero-order valence-electron chi connectivity index (χ0n) is 14.2. The lowest BCUT2D eigenvalue weighted by atomic mass is 10.1. The largest absolute Gasteiger partial charge is 0.379 e. The molecule has 8 heteroatoms. The van der Waals surface area contributed by atoms with E-state index < -0.39 is 10.0 Å². The molecule has 2 rings (SSSR count). The molecule has 0 bridgehead atoms. The van der Waals surface area contributed by atoms with Crippen molar-refractivity contribution in [3.05, 3.63) is 34.9 Å². The molecule has 0 unspecified atom stereocenters. The molecule has 1 fully saturated rings. The van der Waals surface area contributed by atoms with Gasteiger partial charge in [0.1, 0.15) is 0 Å². The lowest BCUT2D eigenvalue weighted by Crippen LogP contribution is -2.42. The van der Waals surface area contributed by atoms with E-state index >= 15 is 0 Å². The first kappa shape index (κ1) is 20.2. The number of ether oxygens (including phenoxy) is 1. The number of amides is 1. The third-order valence-corrected chi connectivity index (χ3v) is 6.16. The summed E-state index contributed by atoms with van der Waals surface area (Å²) in [7, 11) is -3.37. The smallest absolute Gasteiger partial charge is 0.221 e. The normalized spacial score (nSPS) is 15.9. The number of morpholine rings is 1. The highest BCUT2D eigenvalue weighted by Crippen LogP contribution is 2.12. The van der Waals surface area contributed by atoms with E-state index in [4.69, 9.17) is 16.3 Å². The second-order valence-corrected chi connectivity index (χ2v) is 8.54. The van der Waals surface area contributed by atoms with E-state index in [1.165, 1.54) is 9.87 Å². The Hall–Kier alpha value is -1.15. The van der Waals surface area contributed by atoms with Gasteiger partial charge in [-0.1, -0.05) is 23.7 Å². The molecule has 0 aliphatic carbocycles. The van der Waals surface area contributed by atoms with Gasteiger partial charge in [0.2, 0.25) is 15.9 Å². The van der Waals surface area contributed by atoms with Crippen LogP contribution in [-0.4, -0.2) is 57.2 Å². The molecule has 1 aromatic rings. The van der Waals surface area contributed by atoms with Gasteiger partial charge in [0, 0.05) is 31.1 Å².